The van der Waals surface area contributed by atoms with E-state index in [-0.39, 0.29) is 18.5 Å². The average molecular weight is 270 g/mol. The summed E-state index contributed by atoms with van der Waals surface area (Å²) in [6, 6.07) is 10.3. The summed E-state index contributed by atoms with van der Waals surface area (Å²) in [5.74, 6) is 0.462. The van der Waals surface area contributed by atoms with Gasteiger partial charge >= 0.3 is 6.09 Å². The van der Waals surface area contributed by atoms with Gasteiger partial charge in [0.25, 0.3) is 0 Å². The van der Waals surface area contributed by atoms with Crippen LogP contribution in [0.25, 0.3) is 0 Å². The number of carbonyl (C=O) groups is 1. The third kappa shape index (κ3) is 3.64. The molecule has 0 saturated carbocycles. The molecule has 2 rings (SSSR count). The van der Waals surface area contributed by atoms with Gasteiger partial charge in [0, 0.05) is 19.0 Å². The monoisotopic (exact) mass is 269 g/mol. The molecule has 0 spiro atoms. The Bertz CT molecular complexity index is 394. The largest absolute Gasteiger partial charge is 0.444 e. The van der Waals surface area contributed by atoms with Crippen molar-refractivity contribution in [3.8, 4) is 0 Å². The van der Waals surface area contributed by atoms with Gasteiger partial charge in [0.2, 0.25) is 0 Å². The molecule has 0 radical (unpaired) electrons. The highest BCUT2D eigenvalue weighted by molar-refractivity contribution is 5.85. The quantitative estimate of drug-likeness (QED) is 0.782. The van der Waals surface area contributed by atoms with Crippen molar-refractivity contribution in [1.29, 1.82) is 0 Å². The van der Waals surface area contributed by atoms with Crippen molar-refractivity contribution in [3.63, 3.8) is 0 Å². The second-order valence-electron chi connectivity index (χ2n) is 5.49. The van der Waals surface area contributed by atoms with Gasteiger partial charge in [-0.1, -0.05) is 30.3 Å². The number of amides is 1. The Balaban J connectivity index is 0.00000162. The topological polar surface area (TPSA) is 29.5 Å². The molecule has 1 heterocycles. The lowest BCUT2D eigenvalue weighted by molar-refractivity contribution is 0.00820. The lowest BCUT2D eigenvalue weighted by Crippen LogP contribution is -2.50. The molecule has 1 aliphatic rings. The molecule has 1 fully saturated rings. The van der Waals surface area contributed by atoms with E-state index in [0.717, 1.165) is 13.1 Å². The van der Waals surface area contributed by atoms with Crippen LogP contribution in [0.2, 0.25) is 0 Å². The number of ether oxygens (including phenoxy) is 1. The molecule has 18 heavy (non-hydrogen) atoms. The molecule has 0 atom stereocenters. The number of carbonyl (C=O) groups excluding carboxylic acids is 1. The zero-order valence-electron chi connectivity index (χ0n) is 11.1. The molecule has 1 aliphatic heterocycles. The third-order valence-electron chi connectivity index (χ3n) is 2.80. The van der Waals surface area contributed by atoms with Crippen LogP contribution < -0.4 is 0 Å². The SMILES string of the molecule is CC(C)(C)OC(=O)N1CC(c2ccccc2)C1.Cl. The van der Waals surface area contributed by atoms with Gasteiger partial charge < -0.3 is 9.64 Å². The highest BCUT2D eigenvalue weighted by Crippen LogP contribution is 2.27. The normalized spacial score (nSPS) is 15.6. The minimum Gasteiger partial charge on any atom is -0.444 e. The predicted molar refractivity (Wildman–Crippen MR) is 74.2 cm³/mol. The van der Waals surface area contributed by atoms with E-state index in [1.54, 1.807) is 4.90 Å². The maximum atomic E-state index is 11.7. The average Bonchev–Trinajstić information content (AvgIpc) is 2.14. The van der Waals surface area contributed by atoms with Gasteiger partial charge in [0.05, 0.1) is 0 Å². The van der Waals surface area contributed by atoms with Crippen molar-refractivity contribution in [2.75, 3.05) is 13.1 Å². The fourth-order valence-corrected chi connectivity index (χ4v) is 1.89. The number of hydrogen-bond donors (Lipinski definition) is 0. The summed E-state index contributed by atoms with van der Waals surface area (Å²) in [7, 11) is 0. The summed E-state index contributed by atoms with van der Waals surface area (Å²) >= 11 is 0. The summed E-state index contributed by atoms with van der Waals surface area (Å²) < 4.78 is 5.31. The predicted octanol–water partition coefficient (Wildman–Crippen LogP) is 3.44. The Morgan fingerprint density at radius 1 is 1.22 bits per heavy atom. The van der Waals surface area contributed by atoms with Crippen LogP contribution in [0.4, 0.5) is 4.79 Å². The van der Waals surface area contributed by atoms with Gasteiger partial charge in [-0.3, -0.25) is 0 Å². The summed E-state index contributed by atoms with van der Waals surface area (Å²) in [4.78, 5) is 13.5. The molecule has 3 nitrogen and oxygen atoms in total. The first-order valence-corrected chi connectivity index (χ1v) is 5.98. The Labute approximate surface area is 115 Å². The van der Waals surface area contributed by atoms with E-state index < -0.39 is 5.60 Å². The Morgan fingerprint density at radius 2 is 1.78 bits per heavy atom. The Kier molecular flexibility index (Phi) is 4.63. The lowest BCUT2D eigenvalue weighted by Gasteiger charge is -2.40. The minimum atomic E-state index is -0.408. The molecule has 0 aliphatic carbocycles. The first-order valence-electron chi connectivity index (χ1n) is 5.98. The van der Waals surface area contributed by atoms with E-state index in [4.69, 9.17) is 4.74 Å². The molecule has 0 bridgehead atoms. The standard InChI is InChI=1S/C14H19NO2.ClH/c1-14(2,3)17-13(16)15-9-12(10-15)11-7-5-4-6-8-11;/h4-8,12H,9-10H2,1-3H3;1H. The van der Waals surface area contributed by atoms with Crippen LogP contribution >= 0.6 is 12.4 Å². The van der Waals surface area contributed by atoms with E-state index in [1.807, 2.05) is 39.0 Å². The van der Waals surface area contributed by atoms with Crippen LogP contribution in [0, 0.1) is 0 Å². The first kappa shape index (κ1) is 14.8. The number of likely N-dealkylation sites (tertiary alicyclic amines) is 1. The zero-order chi connectivity index (χ0) is 12.5. The van der Waals surface area contributed by atoms with Gasteiger partial charge in [0.15, 0.2) is 0 Å². The molecule has 1 aromatic rings. The van der Waals surface area contributed by atoms with E-state index in [2.05, 4.69) is 12.1 Å². The first-order chi connectivity index (χ1) is 7.96. The molecule has 1 aromatic carbocycles. The van der Waals surface area contributed by atoms with Crippen molar-refractivity contribution >= 4 is 18.5 Å². The molecule has 100 valence electrons. The van der Waals surface area contributed by atoms with Crippen molar-refractivity contribution < 1.29 is 9.53 Å². The zero-order valence-corrected chi connectivity index (χ0v) is 11.9. The highest BCUT2D eigenvalue weighted by atomic mass is 35.5. The van der Waals surface area contributed by atoms with Gasteiger partial charge in [-0.2, -0.15) is 0 Å². The fourth-order valence-electron chi connectivity index (χ4n) is 1.89. The van der Waals surface area contributed by atoms with Gasteiger partial charge in [-0.05, 0) is 26.3 Å². The van der Waals surface area contributed by atoms with Crippen LogP contribution in [-0.2, 0) is 4.74 Å². The van der Waals surface area contributed by atoms with Crippen molar-refractivity contribution in [2.45, 2.75) is 32.3 Å². The van der Waals surface area contributed by atoms with Crippen LogP contribution in [-0.4, -0.2) is 29.7 Å². The summed E-state index contributed by atoms with van der Waals surface area (Å²) in [6.07, 6.45) is -0.204. The molecule has 4 heteroatoms. The maximum Gasteiger partial charge on any atom is 0.410 e. The van der Waals surface area contributed by atoms with Crippen molar-refractivity contribution in [2.24, 2.45) is 0 Å². The molecular formula is C14H20ClNO2. The minimum absolute atomic E-state index is 0. The molecule has 0 aromatic heterocycles. The fraction of sp³-hybridized carbons (Fsp3) is 0.500. The molecule has 1 saturated heterocycles. The lowest BCUT2D eigenvalue weighted by atomic mass is 9.92. The second-order valence-corrected chi connectivity index (χ2v) is 5.49. The summed E-state index contributed by atoms with van der Waals surface area (Å²) in [5, 5.41) is 0. The van der Waals surface area contributed by atoms with Crippen LogP contribution in [0.3, 0.4) is 0 Å². The maximum absolute atomic E-state index is 11.7. The van der Waals surface area contributed by atoms with E-state index in [1.165, 1.54) is 5.56 Å². The second kappa shape index (κ2) is 5.61. The van der Waals surface area contributed by atoms with E-state index >= 15 is 0 Å². The van der Waals surface area contributed by atoms with Crippen molar-refractivity contribution in [3.05, 3.63) is 35.9 Å². The number of benzene rings is 1. The van der Waals surface area contributed by atoms with E-state index in [0.29, 0.717) is 5.92 Å². The van der Waals surface area contributed by atoms with E-state index in [9.17, 15) is 4.79 Å². The van der Waals surface area contributed by atoms with Gasteiger partial charge in [-0.25, -0.2) is 4.79 Å². The number of nitrogens with zero attached hydrogens (tertiary/aromatic N) is 1. The molecule has 0 N–H and O–H groups in total. The Morgan fingerprint density at radius 3 is 2.28 bits per heavy atom. The number of hydrogen-bond acceptors (Lipinski definition) is 2. The number of rotatable bonds is 1. The highest BCUT2D eigenvalue weighted by Gasteiger charge is 2.34. The third-order valence-corrected chi connectivity index (χ3v) is 2.80. The summed E-state index contributed by atoms with van der Waals surface area (Å²) in [5.41, 5.74) is 0.891. The van der Waals surface area contributed by atoms with Crippen molar-refractivity contribution in [1.82, 2.24) is 4.90 Å². The van der Waals surface area contributed by atoms with Gasteiger partial charge in [-0.15, -0.1) is 12.4 Å². The van der Waals surface area contributed by atoms with Crippen LogP contribution in [0.5, 0.6) is 0 Å². The van der Waals surface area contributed by atoms with Crippen LogP contribution in [0.15, 0.2) is 30.3 Å². The molecular weight excluding hydrogens is 250 g/mol. The van der Waals surface area contributed by atoms with Gasteiger partial charge in [0.1, 0.15) is 5.60 Å². The Hall–Kier alpha value is -1.22. The summed E-state index contributed by atoms with van der Waals surface area (Å²) in [6.45, 7) is 7.19. The molecule has 1 amide bonds. The smallest absolute Gasteiger partial charge is 0.410 e. The number of halogens is 1. The van der Waals surface area contributed by atoms with Crippen LogP contribution in [0.1, 0.15) is 32.3 Å². The molecule has 0 unspecified atom stereocenters.